The van der Waals surface area contributed by atoms with Gasteiger partial charge in [0.25, 0.3) is 0 Å². The molecule has 22 nitrogen and oxygen atoms in total. The molecule has 88 heavy (non-hydrogen) atoms. The van der Waals surface area contributed by atoms with Gasteiger partial charge in [0.05, 0.1) is 70.6 Å². The fourth-order valence-corrected chi connectivity index (χ4v) is 10.2. The molecule has 4 heterocycles. The minimum Gasteiger partial charge on any atom is -0.464 e. The molecule has 6 aromatic carbocycles. The Morgan fingerprint density at radius 2 is 0.932 bits per heavy atom. The van der Waals surface area contributed by atoms with Crippen LogP contribution in [0.5, 0.6) is 11.5 Å². The Kier molecular flexibility index (Phi) is 19.2. The number of hydrogen-bond donors (Lipinski definition) is 2. The number of nitrogens with zero attached hydrogens (tertiary/aromatic N) is 10. The van der Waals surface area contributed by atoms with E-state index < -0.39 is 51.5 Å². The molecule has 32 heteroatoms. The van der Waals surface area contributed by atoms with Gasteiger partial charge in [0, 0.05) is 53.3 Å². The quantitative estimate of drug-likeness (QED) is 0.0585. The SMILES string of the molecule is COC(=O)c1cc(-c2ccc(-c3cccc(S(C)(=O)=O)c3)cc2-n2nncc2-c2ccc(OC(F)(F)F)cc2)n(C)n1.COC(=O)c1cc(-c2ccc(Br)cc2-n2nncc2-c2ccc(OC(F)(F)F)cc2)n(C)n1.CS(=O)(=O)c1cccc(B(O)O)c1. The number of alkyl halides is 6. The van der Waals surface area contributed by atoms with Crippen molar-refractivity contribution in [3.8, 4) is 79.0 Å². The second-order valence-corrected chi connectivity index (χ2v) is 23.6. The molecule has 0 saturated carbocycles. The molecule has 0 bridgehead atoms. The van der Waals surface area contributed by atoms with E-state index in [-0.39, 0.29) is 38.1 Å². The van der Waals surface area contributed by atoms with E-state index in [9.17, 15) is 52.8 Å². The molecular weight excluding hydrogens is 1270 g/mol. The lowest BCUT2D eigenvalue weighted by atomic mass is 9.80. The molecule has 0 amide bonds. The highest BCUT2D eigenvalue weighted by Gasteiger charge is 2.32. The predicted octanol–water partition coefficient (Wildman–Crippen LogP) is 8.64. The zero-order valence-electron chi connectivity index (χ0n) is 46.5. The van der Waals surface area contributed by atoms with Crippen molar-refractivity contribution >= 4 is 60.1 Å². The van der Waals surface area contributed by atoms with Crippen LogP contribution in [0, 0.1) is 0 Å². The van der Waals surface area contributed by atoms with E-state index in [4.69, 9.17) is 19.5 Å². The molecule has 456 valence electrons. The zero-order valence-corrected chi connectivity index (χ0v) is 49.7. The molecule has 2 N–H and O–H groups in total. The minimum atomic E-state index is -4.83. The summed E-state index contributed by atoms with van der Waals surface area (Å²) in [6.45, 7) is 0. The Balaban J connectivity index is 0.000000193. The van der Waals surface area contributed by atoms with Crippen LogP contribution in [0.1, 0.15) is 21.0 Å². The van der Waals surface area contributed by atoms with Crippen LogP contribution in [0.25, 0.3) is 67.5 Å². The Bertz CT molecular complexity index is 4430. The largest absolute Gasteiger partial charge is 0.573 e. The van der Waals surface area contributed by atoms with E-state index >= 15 is 0 Å². The Morgan fingerprint density at radius 3 is 1.36 bits per heavy atom. The summed E-state index contributed by atoms with van der Waals surface area (Å²) in [5.74, 6) is -1.92. The third kappa shape index (κ3) is 15.7. The van der Waals surface area contributed by atoms with E-state index in [0.717, 1.165) is 17.0 Å². The summed E-state index contributed by atoms with van der Waals surface area (Å²) in [6, 6.07) is 36.5. The molecule has 0 unspecified atom stereocenters. The van der Waals surface area contributed by atoms with Crippen LogP contribution in [0.2, 0.25) is 0 Å². The highest BCUT2D eigenvalue weighted by molar-refractivity contribution is 9.10. The molecule has 0 aliphatic carbocycles. The number of aryl methyl sites for hydroxylation is 2. The molecule has 0 aliphatic rings. The first-order valence-corrected chi connectivity index (χ1v) is 29.7. The summed E-state index contributed by atoms with van der Waals surface area (Å²) < 4.78 is 146. The number of carbonyl (C=O) groups excluding carboxylic acids is 2. The second kappa shape index (κ2) is 26.2. The van der Waals surface area contributed by atoms with Crippen molar-refractivity contribution in [2.45, 2.75) is 22.5 Å². The van der Waals surface area contributed by atoms with Crippen LogP contribution >= 0.6 is 15.9 Å². The number of sulfone groups is 2. The Hall–Kier alpha value is -9.50. The maximum Gasteiger partial charge on any atom is 0.573 e. The van der Waals surface area contributed by atoms with E-state index in [0.29, 0.717) is 67.5 Å². The second-order valence-electron chi connectivity index (χ2n) is 18.7. The van der Waals surface area contributed by atoms with Gasteiger partial charge in [0.15, 0.2) is 31.1 Å². The molecule has 0 atom stereocenters. The monoisotopic (exact) mass is 1320 g/mol. The number of methoxy groups -OCH3 is 2. The third-order valence-corrected chi connectivity index (χ3v) is 15.3. The fraction of sp³-hybridized carbons (Fsp3) is 0.143. The van der Waals surface area contributed by atoms with Crippen molar-refractivity contribution < 1.29 is 81.8 Å². The van der Waals surface area contributed by atoms with Crippen molar-refractivity contribution in [3.05, 3.63) is 174 Å². The maximum absolute atomic E-state index is 12.7. The number of rotatable bonds is 14. The van der Waals surface area contributed by atoms with Gasteiger partial charge in [0.2, 0.25) is 0 Å². The van der Waals surface area contributed by atoms with Crippen LogP contribution in [0.15, 0.2) is 172 Å². The van der Waals surface area contributed by atoms with Crippen molar-refractivity contribution in [1.29, 1.82) is 0 Å². The van der Waals surface area contributed by atoms with Gasteiger partial charge in [-0.1, -0.05) is 62.8 Å². The first-order valence-electron chi connectivity index (χ1n) is 25.1. The summed E-state index contributed by atoms with van der Waals surface area (Å²) in [5, 5.41) is 42.4. The molecule has 0 spiro atoms. The fourth-order valence-electron chi connectivity index (χ4n) is 8.53. The van der Waals surface area contributed by atoms with Gasteiger partial charge in [-0.15, -0.1) is 36.5 Å². The van der Waals surface area contributed by atoms with Gasteiger partial charge in [-0.05, 0) is 126 Å². The summed E-state index contributed by atoms with van der Waals surface area (Å²) in [5.41, 5.74) is 7.15. The van der Waals surface area contributed by atoms with Crippen LogP contribution < -0.4 is 14.9 Å². The van der Waals surface area contributed by atoms with Gasteiger partial charge in [0.1, 0.15) is 11.5 Å². The number of ether oxygens (including phenoxy) is 4. The molecule has 0 radical (unpaired) electrons. The van der Waals surface area contributed by atoms with Crippen molar-refractivity contribution in [2.75, 3.05) is 26.7 Å². The number of carbonyl (C=O) groups is 2. The van der Waals surface area contributed by atoms with E-state index in [1.165, 1.54) is 115 Å². The van der Waals surface area contributed by atoms with Gasteiger partial charge >= 0.3 is 31.8 Å². The molecule has 0 aliphatic heterocycles. The molecule has 0 saturated heterocycles. The minimum absolute atomic E-state index is 0.0740. The van der Waals surface area contributed by atoms with Crippen LogP contribution in [-0.4, -0.2) is 135 Å². The first-order chi connectivity index (χ1) is 41.4. The van der Waals surface area contributed by atoms with Gasteiger partial charge < -0.3 is 29.0 Å². The first kappa shape index (κ1) is 64.5. The molecular formula is C56H46BBrF6N10O12S2. The van der Waals surface area contributed by atoms with E-state index in [2.05, 4.69) is 56.2 Å². The third-order valence-electron chi connectivity index (χ3n) is 12.6. The lowest BCUT2D eigenvalue weighted by Crippen LogP contribution is -2.30. The lowest BCUT2D eigenvalue weighted by molar-refractivity contribution is -0.275. The predicted molar refractivity (Wildman–Crippen MR) is 310 cm³/mol. The summed E-state index contributed by atoms with van der Waals surface area (Å²) in [7, 11) is -2.54. The number of esters is 2. The summed E-state index contributed by atoms with van der Waals surface area (Å²) in [6.07, 6.45) is -4.48. The highest BCUT2D eigenvalue weighted by atomic mass is 79.9. The topological polar surface area (TPSA) is 277 Å². The normalized spacial score (nSPS) is 11.6. The number of halogens is 7. The smallest absolute Gasteiger partial charge is 0.464 e. The zero-order chi connectivity index (χ0) is 64.0. The summed E-state index contributed by atoms with van der Waals surface area (Å²) >= 11 is 3.45. The van der Waals surface area contributed by atoms with Crippen LogP contribution in [0.4, 0.5) is 26.3 Å². The van der Waals surface area contributed by atoms with Gasteiger partial charge in [-0.3, -0.25) is 9.36 Å². The molecule has 10 aromatic rings. The van der Waals surface area contributed by atoms with E-state index in [1.54, 1.807) is 78.1 Å². The van der Waals surface area contributed by atoms with Gasteiger partial charge in [-0.25, -0.2) is 35.8 Å². The molecule has 4 aromatic heterocycles. The number of aromatic nitrogens is 10. The van der Waals surface area contributed by atoms with Crippen molar-refractivity contribution in [3.63, 3.8) is 0 Å². The van der Waals surface area contributed by atoms with Crippen LogP contribution in [0.3, 0.4) is 0 Å². The van der Waals surface area contributed by atoms with Crippen molar-refractivity contribution in [2.24, 2.45) is 14.1 Å². The highest BCUT2D eigenvalue weighted by Crippen LogP contribution is 2.37. The van der Waals surface area contributed by atoms with Gasteiger partial charge in [-0.2, -0.15) is 10.2 Å². The lowest BCUT2D eigenvalue weighted by Gasteiger charge is -2.15. The average molecular weight is 1320 g/mol. The Morgan fingerprint density at radius 1 is 0.523 bits per heavy atom. The number of benzene rings is 6. The summed E-state index contributed by atoms with van der Waals surface area (Å²) in [4.78, 5) is 24.3. The standard InChI is InChI=1S/C28H22F3N5O5S.C21H15BrF3N5O3.C7H9BO4S/c1-35-24(15-23(33-35)27(37)40-2)22-12-9-19(18-5-4-6-21(13-18)42(3,38)39)14-25(22)36-26(16-32-34-36)17-7-10-20(11-8-17)41-28(29,30)31;1-29-17(10-16(27-29)20(31)32-2)15-8-5-13(22)9-18(15)30-19(11-26-28-30)12-3-6-14(7-4-12)33-21(23,24)25;1-13(11,12)7-4-2-3-6(5-7)8(9)10/h4-16H,1-3H3;3-11H,1-2H3;2-5,9-10H,1H3. The van der Waals surface area contributed by atoms with E-state index in [1.807, 2.05) is 12.1 Å². The number of hydrogen-bond acceptors (Lipinski definition) is 18. The molecule has 10 rings (SSSR count). The maximum atomic E-state index is 12.7. The molecule has 0 fully saturated rings. The average Bonchev–Trinajstić information content (AvgIpc) is 3.26. The van der Waals surface area contributed by atoms with Crippen molar-refractivity contribution in [1.82, 2.24) is 49.5 Å². The Labute approximate surface area is 505 Å². The van der Waals surface area contributed by atoms with Crippen LogP contribution in [-0.2, 0) is 43.2 Å².